The zero-order valence-corrected chi connectivity index (χ0v) is 12.1. The monoisotopic (exact) mass is 315 g/mol. The van der Waals surface area contributed by atoms with E-state index >= 15 is 0 Å². The molecule has 9 heteroatoms. The standard InChI is InChI=1S/C12H14ClN3O5/c1-2-3-4-5-14-12(17)8-6-9(15(18)19)11(13)10(7-8)16(20)21/h6-7H,2-5H2,1H3,(H,14,17). The fourth-order valence-corrected chi connectivity index (χ4v) is 1.92. The largest absolute Gasteiger partial charge is 0.352 e. The number of nitro benzene ring substituents is 2. The molecule has 0 aliphatic heterocycles. The van der Waals surface area contributed by atoms with Crippen molar-refractivity contribution in [3.63, 3.8) is 0 Å². The summed E-state index contributed by atoms with van der Waals surface area (Å²) in [6, 6.07) is 1.87. The molecule has 0 radical (unpaired) electrons. The number of carbonyl (C=O) groups is 1. The van der Waals surface area contributed by atoms with Crippen molar-refractivity contribution in [2.24, 2.45) is 0 Å². The van der Waals surface area contributed by atoms with Crippen molar-refractivity contribution in [2.75, 3.05) is 6.54 Å². The van der Waals surface area contributed by atoms with E-state index in [9.17, 15) is 25.0 Å². The summed E-state index contributed by atoms with van der Waals surface area (Å²) >= 11 is 5.61. The number of benzene rings is 1. The van der Waals surface area contributed by atoms with Crippen molar-refractivity contribution >= 4 is 28.9 Å². The number of nitro groups is 2. The molecule has 0 heterocycles. The maximum absolute atomic E-state index is 11.9. The van der Waals surface area contributed by atoms with Gasteiger partial charge in [-0.2, -0.15) is 0 Å². The van der Waals surface area contributed by atoms with Gasteiger partial charge in [-0.05, 0) is 6.42 Å². The average molecular weight is 316 g/mol. The number of rotatable bonds is 7. The highest BCUT2D eigenvalue weighted by Gasteiger charge is 2.27. The molecule has 8 nitrogen and oxygen atoms in total. The molecule has 1 aromatic carbocycles. The summed E-state index contributed by atoms with van der Waals surface area (Å²) in [5, 5.41) is 23.6. The molecule has 21 heavy (non-hydrogen) atoms. The second-order valence-electron chi connectivity index (χ2n) is 4.31. The Hall–Kier alpha value is -2.22. The van der Waals surface area contributed by atoms with Crippen LogP contribution in [0.25, 0.3) is 0 Å². The summed E-state index contributed by atoms with van der Waals surface area (Å²) in [7, 11) is 0. The summed E-state index contributed by atoms with van der Waals surface area (Å²) in [5.74, 6) is -0.603. The normalized spacial score (nSPS) is 10.2. The van der Waals surface area contributed by atoms with Crippen LogP contribution in [0.2, 0.25) is 5.02 Å². The van der Waals surface area contributed by atoms with E-state index in [1.54, 1.807) is 0 Å². The molecule has 0 unspecified atom stereocenters. The van der Waals surface area contributed by atoms with Crippen molar-refractivity contribution in [3.8, 4) is 0 Å². The highest BCUT2D eigenvalue weighted by molar-refractivity contribution is 6.35. The molecule has 0 spiro atoms. The summed E-state index contributed by atoms with van der Waals surface area (Å²) in [4.78, 5) is 31.8. The van der Waals surface area contributed by atoms with Crippen LogP contribution < -0.4 is 5.32 Å². The van der Waals surface area contributed by atoms with Crippen molar-refractivity contribution in [1.82, 2.24) is 5.32 Å². The Morgan fingerprint density at radius 1 is 1.19 bits per heavy atom. The molecular formula is C12H14ClN3O5. The Kier molecular flexibility index (Phi) is 6.04. The minimum Gasteiger partial charge on any atom is -0.352 e. The van der Waals surface area contributed by atoms with Gasteiger partial charge in [-0.3, -0.25) is 25.0 Å². The predicted octanol–water partition coefficient (Wildman–Crippen LogP) is 3.08. The van der Waals surface area contributed by atoms with E-state index in [-0.39, 0.29) is 5.56 Å². The molecule has 0 saturated carbocycles. The number of halogens is 1. The topological polar surface area (TPSA) is 115 Å². The molecule has 0 atom stereocenters. The van der Waals surface area contributed by atoms with Crippen LogP contribution in [-0.4, -0.2) is 22.3 Å². The van der Waals surface area contributed by atoms with E-state index in [1.165, 1.54) is 0 Å². The van der Waals surface area contributed by atoms with Gasteiger partial charge in [0.15, 0.2) is 5.02 Å². The van der Waals surface area contributed by atoms with Crippen LogP contribution in [-0.2, 0) is 0 Å². The zero-order valence-electron chi connectivity index (χ0n) is 11.3. The summed E-state index contributed by atoms with van der Waals surface area (Å²) in [5.41, 5.74) is -1.48. The molecule has 1 amide bonds. The van der Waals surface area contributed by atoms with Gasteiger partial charge in [0.25, 0.3) is 17.3 Å². The summed E-state index contributed by atoms with van der Waals surface area (Å²) in [6.45, 7) is 2.41. The third-order valence-electron chi connectivity index (χ3n) is 2.76. The molecule has 1 N–H and O–H groups in total. The lowest BCUT2D eigenvalue weighted by Gasteiger charge is -2.05. The van der Waals surface area contributed by atoms with E-state index in [4.69, 9.17) is 11.6 Å². The number of unbranched alkanes of at least 4 members (excludes halogenated alkanes) is 2. The van der Waals surface area contributed by atoms with E-state index in [1.807, 2.05) is 6.92 Å². The molecule has 0 fully saturated rings. The van der Waals surface area contributed by atoms with Gasteiger partial charge in [-0.1, -0.05) is 31.4 Å². The number of amides is 1. The third-order valence-corrected chi connectivity index (χ3v) is 3.14. The lowest BCUT2D eigenvalue weighted by Crippen LogP contribution is -2.24. The minimum atomic E-state index is -0.858. The molecule has 0 bridgehead atoms. The smallest absolute Gasteiger partial charge is 0.295 e. The second kappa shape index (κ2) is 7.53. The summed E-state index contributed by atoms with van der Waals surface area (Å²) < 4.78 is 0. The maximum atomic E-state index is 11.9. The van der Waals surface area contributed by atoms with Crippen LogP contribution in [0.15, 0.2) is 12.1 Å². The van der Waals surface area contributed by atoms with Gasteiger partial charge in [0.1, 0.15) is 0 Å². The van der Waals surface area contributed by atoms with Crippen molar-refractivity contribution in [3.05, 3.63) is 42.9 Å². The Bertz CT molecular complexity index is 541. The Morgan fingerprint density at radius 2 is 1.71 bits per heavy atom. The molecule has 0 aromatic heterocycles. The molecule has 114 valence electrons. The minimum absolute atomic E-state index is 0.158. The van der Waals surface area contributed by atoms with Crippen LogP contribution in [0, 0.1) is 20.2 Å². The molecule has 0 aliphatic carbocycles. The van der Waals surface area contributed by atoms with Gasteiger partial charge >= 0.3 is 0 Å². The maximum Gasteiger partial charge on any atom is 0.295 e. The van der Waals surface area contributed by atoms with Crippen LogP contribution in [0.4, 0.5) is 11.4 Å². The van der Waals surface area contributed by atoms with Gasteiger partial charge < -0.3 is 5.32 Å². The van der Waals surface area contributed by atoms with Crippen molar-refractivity contribution in [1.29, 1.82) is 0 Å². The van der Waals surface area contributed by atoms with E-state index < -0.39 is 32.2 Å². The zero-order chi connectivity index (χ0) is 16.0. The fraction of sp³-hybridized carbons (Fsp3) is 0.417. The van der Waals surface area contributed by atoms with Gasteiger partial charge in [0.2, 0.25) is 0 Å². The number of hydrogen-bond donors (Lipinski definition) is 1. The van der Waals surface area contributed by atoms with E-state index in [0.717, 1.165) is 31.4 Å². The van der Waals surface area contributed by atoms with Crippen LogP contribution in [0.1, 0.15) is 36.5 Å². The van der Waals surface area contributed by atoms with E-state index in [0.29, 0.717) is 6.54 Å². The lowest BCUT2D eigenvalue weighted by atomic mass is 10.1. The number of hydrogen-bond acceptors (Lipinski definition) is 5. The molecular weight excluding hydrogens is 302 g/mol. The predicted molar refractivity (Wildman–Crippen MR) is 76.6 cm³/mol. The van der Waals surface area contributed by atoms with Gasteiger partial charge in [-0.25, -0.2) is 0 Å². The molecule has 0 aliphatic rings. The molecule has 1 rings (SSSR count). The first-order chi connectivity index (χ1) is 9.88. The first-order valence-corrected chi connectivity index (χ1v) is 6.66. The van der Waals surface area contributed by atoms with Gasteiger partial charge in [0, 0.05) is 18.7 Å². The van der Waals surface area contributed by atoms with Gasteiger partial charge in [-0.15, -0.1) is 0 Å². The Morgan fingerprint density at radius 3 is 2.14 bits per heavy atom. The Labute approximate surface area is 125 Å². The molecule has 1 aromatic rings. The first-order valence-electron chi connectivity index (χ1n) is 6.29. The van der Waals surface area contributed by atoms with Crippen LogP contribution in [0.5, 0.6) is 0 Å². The van der Waals surface area contributed by atoms with Gasteiger partial charge in [0.05, 0.1) is 15.4 Å². The average Bonchev–Trinajstić information content (AvgIpc) is 2.42. The van der Waals surface area contributed by atoms with Crippen molar-refractivity contribution < 1.29 is 14.6 Å². The van der Waals surface area contributed by atoms with E-state index in [2.05, 4.69) is 5.32 Å². The third kappa shape index (κ3) is 4.38. The fourth-order valence-electron chi connectivity index (χ4n) is 1.67. The summed E-state index contributed by atoms with van der Waals surface area (Å²) in [6.07, 6.45) is 2.68. The highest BCUT2D eigenvalue weighted by Crippen LogP contribution is 2.34. The SMILES string of the molecule is CCCCCNC(=O)c1cc([N+](=O)[O-])c(Cl)c([N+](=O)[O-])c1. The lowest BCUT2D eigenvalue weighted by molar-refractivity contribution is -0.393. The van der Waals surface area contributed by atoms with Crippen molar-refractivity contribution in [2.45, 2.75) is 26.2 Å². The first kappa shape index (κ1) is 16.8. The number of carbonyl (C=O) groups excluding carboxylic acids is 1. The number of nitrogens with zero attached hydrogens (tertiary/aromatic N) is 2. The van der Waals surface area contributed by atoms with Crippen LogP contribution >= 0.6 is 11.6 Å². The van der Waals surface area contributed by atoms with Crippen LogP contribution in [0.3, 0.4) is 0 Å². The highest BCUT2D eigenvalue weighted by atomic mass is 35.5. The number of nitrogens with one attached hydrogen (secondary N) is 1. The quantitative estimate of drug-likeness (QED) is 0.471. The molecule has 0 saturated heterocycles. The Balaban J connectivity index is 3.04. The second-order valence-corrected chi connectivity index (χ2v) is 4.68.